The molecular weight excluding hydrogens is 624 g/mol. The highest BCUT2D eigenvalue weighted by molar-refractivity contribution is 4.99. The summed E-state index contributed by atoms with van der Waals surface area (Å²) in [6.07, 6.45) is -31.8. The van der Waals surface area contributed by atoms with Crippen molar-refractivity contribution in [1.29, 1.82) is 0 Å². The van der Waals surface area contributed by atoms with Gasteiger partial charge in [-0.15, -0.1) is 0 Å². The molecule has 264 valence electrons. The summed E-state index contributed by atoms with van der Waals surface area (Å²) in [5.74, 6) is -2.43. The van der Waals surface area contributed by atoms with Crippen molar-refractivity contribution >= 4 is 0 Å². The van der Waals surface area contributed by atoms with Crippen LogP contribution in [0, 0.1) is 0 Å². The van der Waals surface area contributed by atoms with Gasteiger partial charge in [0.2, 0.25) is 5.79 Å². The first kappa shape index (κ1) is 37.0. The zero-order valence-electron chi connectivity index (χ0n) is 23.5. The molecule has 0 aromatic heterocycles. The summed E-state index contributed by atoms with van der Waals surface area (Å²) in [5.41, 5.74) is 0. The maximum Gasteiger partial charge on any atom is 0.224 e. The summed E-state index contributed by atoms with van der Waals surface area (Å²) in [7, 11) is 0. The van der Waals surface area contributed by atoms with Gasteiger partial charge in [0, 0.05) is 0 Å². The van der Waals surface area contributed by atoms with Gasteiger partial charge in [0.25, 0.3) is 0 Å². The first-order valence-corrected chi connectivity index (χ1v) is 14.1. The number of aliphatic hydroxyl groups excluding tert-OH is 14. The lowest BCUT2D eigenvalue weighted by Crippen LogP contribution is -2.66. The van der Waals surface area contributed by atoms with E-state index in [-0.39, 0.29) is 0 Å². The van der Waals surface area contributed by atoms with Crippen molar-refractivity contribution in [3.8, 4) is 0 Å². The third kappa shape index (κ3) is 7.15. The summed E-state index contributed by atoms with van der Waals surface area (Å²) < 4.78 is 37.7. The Morgan fingerprint density at radius 2 is 1.00 bits per heavy atom. The Morgan fingerprint density at radius 3 is 1.56 bits per heavy atom. The predicted octanol–water partition coefficient (Wildman–Crippen LogP) is -9.75. The van der Waals surface area contributed by atoms with Crippen molar-refractivity contribution in [2.45, 2.75) is 116 Å². The van der Waals surface area contributed by atoms with Crippen LogP contribution < -0.4 is 0 Å². The number of ether oxygens (including phenoxy) is 7. The van der Waals surface area contributed by atoms with Gasteiger partial charge < -0.3 is 105 Å². The van der Waals surface area contributed by atoms with E-state index in [1.54, 1.807) is 0 Å². The smallest absolute Gasteiger partial charge is 0.224 e. The molecule has 4 saturated heterocycles. The van der Waals surface area contributed by atoms with Gasteiger partial charge >= 0.3 is 0 Å². The summed E-state index contributed by atoms with van der Waals surface area (Å²) in [5, 5.41) is 142. The zero-order chi connectivity index (χ0) is 33.4. The maximum atomic E-state index is 10.9. The SMILES string of the molecule is OCC1OC(OCC2OC(OC3C(CO)OC(OC4(CO)OC(CO)C(O)C4O)C(O)C3O)C(O)C(O)C2O)C(O)C(O)C1O. The lowest BCUT2D eigenvalue weighted by Gasteiger charge is -2.47. The molecule has 0 bridgehead atoms. The molecule has 45 heavy (non-hydrogen) atoms. The van der Waals surface area contributed by atoms with Crippen LogP contribution in [-0.2, 0) is 33.2 Å². The molecule has 0 aromatic rings. The number of rotatable bonds is 11. The molecule has 21 heteroatoms. The molecule has 0 saturated carbocycles. The van der Waals surface area contributed by atoms with Gasteiger partial charge in [-0.2, -0.15) is 0 Å². The van der Waals surface area contributed by atoms with Gasteiger partial charge in [0.15, 0.2) is 18.9 Å². The zero-order valence-corrected chi connectivity index (χ0v) is 23.5. The third-order valence-electron chi connectivity index (χ3n) is 8.28. The topological polar surface area (TPSA) is 348 Å². The first-order chi connectivity index (χ1) is 21.2. The van der Waals surface area contributed by atoms with E-state index in [9.17, 15) is 71.5 Å². The maximum absolute atomic E-state index is 10.9. The van der Waals surface area contributed by atoms with Crippen molar-refractivity contribution in [3.63, 3.8) is 0 Å². The van der Waals surface area contributed by atoms with Crippen molar-refractivity contribution < 1.29 is 105 Å². The summed E-state index contributed by atoms with van der Waals surface area (Å²) in [6.45, 7) is -4.25. The Balaban J connectivity index is 1.43. The minimum atomic E-state index is -2.43. The van der Waals surface area contributed by atoms with Gasteiger partial charge in [-0.25, -0.2) is 0 Å². The molecule has 0 aliphatic carbocycles. The third-order valence-corrected chi connectivity index (χ3v) is 8.28. The fourth-order valence-corrected chi connectivity index (χ4v) is 5.50. The molecule has 4 fully saturated rings. The summed E-state index contributed by atoms with van der Waals surface area (Å²) in [6, 6.07) is 0. The van der Waals surface area contributed by atoms with E-state index in [1.165, 1.54) is 0 Å². The minimum absolute atomic E-state index is 0.689. The van der Waals surface area contributed by atoms with E-state index in [1.807, 2.05) is 0 Å². The fraction of sp³-hybridized carbons (Fsp3) is 1.00. The molecule has 4 aliphatic rings. The van der Waals surface area contributed by atoms with Crippen molar-refractivity contribution in [2.24, 2.45) is 0 Å². The molecule has 4 heterocycles. The Kier molecular flexibility index (Phi) is 12.5. The predicted molar refractivity (Wildman–Crippen MR) is 134 cm³/mol. The van der Waals surface area contributed by atoms with Crippen molar-refractivity contribution in [2.75, 3.05) is 33.0 Å². The van der Waals surface area contributed by atoms with Crippen LogP contribution in [0.5, 0.6) is 0 Å². The number of hydrogen-bond donors (Lipinski definition) is 14. The molecule has 4 aliphatic heterocycles. The molecule has 0 spiro atoms. The standard InChI is InChI=1S/C24H42O21/c25-1-6-10(29)13(32)16(35)21(40-6)39-4-9-11(30)14(33)17(36)22(42-9)43-19-8(3-27)41-23(18(37)15(19)34)45-24(5-28)20(38)12(31)7(2-26)44-24/h6-23,25-38H,1-5H2. The highest BCUT2D eigenvalue weighted by Crippen LogP contribution is 2.37. The Labute approximate surface area is 254 Å². The molecule has 14 N–H and O–H groups in total. The monoisotopic (exact) mass is 666 g/mol. The highest BCUT2D eigenvalue weighted by atomic mass is 16.8. The first-order valence-electron chi connectivity index (χ1n) is 14.1. The molecule has 21 nitrogen and oxygen atoms in total. The molecule has 19 atom stereocenters. The van der Waals surface area contributed by atoms with Crippen LogP contribution in [0.1, 0.15) is 0 Å². The number of hydrogen-bond acceptors (Lipinski definition) is 21. The normalized spacial score (nSPS) is 52.7. The van der Waals surface area contributed by atoms with Crippen LogP contribution in [-0.4, -0.2) is 221 Å². The summed E-state index contributed by atoms with van der Waals surface area (Å²) in [4.78, 5) is 0. The second kappa shape index (κ2) is 15.1. The second-order valence-corrected chi connectivity index (χ2v) is 11.2. The van der Waals surface area contributed by atoms with E-state index in [0.29, 0.717) is 0 Å². The van der Waals surface area contributed by atoms with Gasteiger partial charge in [-0.3, -0.25) is 0 Å². The van der Waals surface area contributed by atoms with Gasteiger partial charge in [0.05, 0.1) is 26.4 Å². The molecular formula is C24H42O21. The van der Waals surface area contributed by atoms with E-state index in [2.05, 4.69) is 0 Å². The van der Waals surface area contributed by atoms with Crippen LogP contribution in [0.15, 0.2) is 0 Å². The Bertz CT molecular complexity index is 929. The molecule has 19 unspecified atom stereocenters. The van der Waals surface area contributed by atoms with Crippen molar-refractivity contribution in [1.82, 2.24) is 0 Å². The van der Waals surface area contributed by atoms with Gasteiger partial charge in [-0.1, -0.05) is 0 Å². The van der Waals surface area contributed by atoms with E-state index >= 15 is 0 Å². The molecule has 0 amide bonds. The van der Waals surface area contributed by atoms with E-state index in [4.69, 9.17) is 33.2 Å². The van der Waals surface area contributed by atoms with Crippen LogP contribution in [0.25, 0.3) is 0 Å². The van der Waals surface area contributed by atoms with E-state index in [0.717, 1.165) is 0 Å². The average molecular weight is 667 g/mol. The largest absolute Gasteiger partial charge is 0.394 e. The van der Waals surface area contributed by atoms with E-state index < -0.39 is 149 Å². The Morgan fingerprint density at radius 1 is 0.489 bits per heavy atom. The lowest BCUT2D eigenvalue weighted by molar-refractivity contribution is -0.399. The molecule has 0 aromatic carbocycles. The van der Waals surface area contributed by atoms with Gasteiger partial charge in [0.1, 0.15) is 98.2 Å². The second-order valence-electron chi connectivity index (χ2n) is 11.2. The number of aliphatic hydroxyl groups is 14. The highest BCUT2D eigenvalue weighted by Gasteiger charge is 2.59. The van der Waals surface area contributed by atoms with Crippen LogP contribution in [0.2, 0.25) is 0 Å². The minimum Gasteiger partial charge on any atom is -0.394 e. The average Bonchev–Trinajstić information content (AvgIpc) is 3.28. The fourth-order valence-electron chi connectivity index (χ4n) is 5.50. The lowest BCUT2D eigenvalue weighted by atomic mass is 9.96. The van der Waals surface area contributed by atoms with Gasteiger partial charge in [-0.05, 0) is 0 Å². The van der Waals surface area contributed by atoms with Crippen LogP contribution in [0.3, 0.4) is 0 Å². The summed E-state index contributed by atoms with van der Waals surface area (Å²) >= 11 is 0. The molecule has 4 rings (SSSR count). The molecule has 0 radical (unpaired) electrons. The van der Waals surface area contributed by atoms with Crippen LogP contribution in [0.4, 0.5) is 0 Å². The van der Waals surface area contributed by atoms with Crippen LogP contribution >= 0.6 is 0 Å². The Hall–Kier alpha value is -0.840. The quantitative estimate of drug-likeness (QED) is 0.0973. The van der Waals surface area contributed by atoms with Crippen molar-refractivity contribution in [3.05, 3.63) is 0 Å².